The summed E-state index contributed by atoms with van der Waals surface area (Å²) in [5.74, 6) is 1.05. The number of rotatable bonds is 3. The summed E-state index contributed by atoms with van der Waals surface area (Å²) in [5, 5.41) is 3.34. The average molecular weight is 294 g/mol. The maximum Gasteiger partial charge on any atom is 0.231 e. The van der Waals surface area contributed by atoms with Gasteiger partial charge >= 0.3 is 0 Å². The van der Waals surface area contributed by atoms with Crippen LogP contribution in [0.15, 0.2) is 36.4 Å². The third-order valence-electron chi connectivity index (χ3n) is 3.20. The molecule has 0 bridgehead atoms. The Hall–Kier alpha value is -1.94. The monoisotopic (exact) mass is 293 g/mol. The van der Waals surface area contributed by atoms with E-state index in [4.69, 9.17) is 21.1 Å². The molecule has 3 rings (SSSR count). The van der Waals surface area contributed by atoms with E-state index >= 15 is 0 Å². The van der Waals surface area contributed by atoms with Crippen LogP contribution in [0.25, 0.3) is 0 Å². The zero-order valence-electron chi connectivity index (χ0n) is 10.8. The van der Waals surface area contributed by atoms with E-state index in [1.807, 2.05) is 25.1 Å². The van der Waals surface area contributed by atoms with Gasteiger partial charge in [-0.25, -0.2) is 4.39 Å². The molecule has 0 saturated heterocycles. The van der Waals surface area contributed by atoms with Gasteiger partial charge in [-0.1, -0.05) is 17.7 Å². The smallest absolute Gasteiger partial charge is 0.231 e. The second kappa shape index (κ2) is 5.21. The van der Waals surface area contributed by atoms with Crippen LogP contribution in [0.5, 0.6) is 11.5 Å². The second-order valence-corrected chi connectivity index (χ2v) is 5.01. The molecule has 20 heavy (non-hydrogen) atoms. The molecule has 1 aliphatic heterocycles. The molecule has 1 atom stereocenters. The van der Waals surface area contributed by atoms with Gasteiger partial charge in [0.15, 0.2) is 11.5 Å². The van der Waals surface area contributed by atoms with Crippen molar-refractivity contribution in [3.8, 4) is 11.5 Å². The molecule has 2 aromatic carbocycles. The highest BCUT2D eigenvalue weighted by atomic mass is 35.5. The Morgan fingerprint density at radius 3 is 2.75 bits per heavy atom. The first-order chi connectivity index (χ1) is 9.63. The van der Waals surface area contributed by atoms with Crippen LogP contribution in [-0.4, -0.2) is 6.79 Å². The van der Waals surface area contributed by atoms with E-state index in [-0.39, 0.29) is 17.9 Å². The lowest BCUT2D eigenvalue weighted by atomic mass is 10.1. The predicted molar refractivity (Wildman–Crippen MR) is 76.0 cm³/mol. The van der Waals surface area contributed by atoms with Crippen molar-refractivity contribution in [2.75, 3.05) is 12.1 Å². The molecule has 5 heteroatoms. The first-order valence-corrected chi connectivity index (χ1v) is 6.62. The lowest BCUT2D eigenvalue weighted by molar-refractivity contribution is 0.174. The Morgan fingerprint density at radius 2 is 1.95 bits per heavy atom. The van der Waals surface area contributed by atoms with Crippen molar-refractivity contribution in [3.05, 3.63) is 52.8 Å². The van der Waals surface area contributed by atoms with Crippen molar-refractivity contribution >= 4 is 17.3 Å². The number of fused-ring (bicyclic) bond motifs is 1. The van der Waals surface area contributed by atoms with Crippen LogP contribution < -0.4 is 14.8 Å². The summed E-state index contributed by atoms with van der Waals surface area (Å²) in [4.78, 5) is 0. The molecule has 3 nitrogen and oxygen atoms in total. The number of benzene rings is 2. The first kappa shape index (κ1) is 13.1. The highest BCUT2D eigenvalue weighted by molar-refractivity contribution is 6.30. The summed E-state index contributed by atoms with van der Waals surface area (Å²) < 4.78 is 24.0. The standard InChI is InChI=1S/C15H13ClFNO2/c1-9(18-11-3-4-12(16)13(17)7-11)10-2-5-14-15(6-10)20-8-19-14/h2-7,9,18H,8H2,1H3. The molecule has 0 radical (unpaired) electrons. The van der Waals surface area contributed by atoms with Crippen LogP contribution in [0.3, 0.4) is 0 Å². The van der Waals surface area contributed by atoms with Crippen LogP contribution >= 0.6 is 11.6 Å². The van der Waals surface area contributed by atoms with Gasteiger partial charge < -0.3 is 14.8 Å². The Balaban J connectivity index is 1.78. The summed E-state index contributed by atoms with van der Waals surface area (Å²) in [6, 6.07) is 10.4. The van der Waals surface area contributed by atoms with Gasteiger partial charge in [-0.05, 0) is 42.8 Å². The summed E-state index contributed by atoms with van der Waals surface area (Å²) in [6.07, 6.45) is 0. The summed E-state index contributed by atoms with van der Waals surface area (Å²) in [5.41, 5.74) is 1.71. The molecule has 1 N–H and O–H groups in total. The lowest BCUT2D eigenvalue weighted by Gasteiger charge is -2.16. The Morgan fingerprint density at radius 1 is 1.15 bits per heavy atom. The summed E-state index contributed by atoms with van der Waals surface area (Å²) >= 11 is 5.66. The van der Waals surface area contributed by atoms with Gasteiger partial charge in [0.25, 0.3) is 0 Å². The topological polar surface area (TPSA) is 30.5 Å². The Bertz CT molecular complexity index is 648. The molecule has 0 aromatic heterocycles. The highest BCUT2D eigenvalue weighted by Crippen LogP contribution is 2.35. The van der Waals surface area contributed by atoms with E-state index in [1.165, 1.54) is 12.1 Å². The Kier molecular flexibility index (Phi) is 3.40. The third kappa shape index (κ3) is 2.51. The normalized spacial score (nSPS) is 14.2. The fourth-order valence-electron chi connectivity index (χ4n) is 2.10. The van der Waals surface area contributed by atoms with Crippen molar-refractivity contribution < 1.29 is 13.9 Å². The number of hydrogen-bond acceptors (Lipinski definition) is 3. The van der Waals surface area contributed by atoms with Crippen molar-refractivity contribution in [2.45, 2.75) is 13.0 Å². The van der Waals surface area contributed by atoms with Crippen LogP contribution in [0, 0.1) is 5.82 Å². The van der Waals surface area contributed by atoms with E-state index in [0.29, 0.717) is 5.69 Å². The minimum Gasteiger partial charge on any atom is -0.454 e. The third-order valence-corrected chi connectivity index (χ3v) is 3.51. The minimum atomic E-state index is -0.436. The summed E-state index contributed by atoms with van der Waals surface area (Å²) in [6.45, 7) is 2.24. The van der Waals surface area contributed by atoms with E-state index in [9.17, 15) is 4.39 Å². The molecule has 1 heterocycles. The maximum absolute atomic E-state index is 13.4. The van der Waals surface area contributed by atoms with Crippen molar-refractivity contribution in [2.24, 2.45) is 0 Å². The zero-order valence-corrected chi connectivity index (χ0v) is 11.6. The van der Waals surface area contributed by atoms with E-state index in [2.05, 4.69) is 5.32 Å². The molecule has 2 aromatic rings. The predicted octanol–water partition coefficient (Wildman–Crippen LogP) is 4.38. The SMILES string of the molecule is CC(Nc1ccc(Cl)c(F)c1)c1ccc2c(c1)OCO2. The Labute approximate surface area is 121 Å². The van der Waals surface area contributed by atoms with Crippen LogP contribution in [0.2, 0.25) is 5.02 Å². The van der Waals surface area contributed by atoms with Gasteiger partial charge in [-0.3, -0.25) is 0 Å². The van der Waals surface area contributed by atoms with E-state index < -0.39 is 5.82 Å². The van der Waals surface area contributed by atoms with Crippen LogP contribution in [-0.2, 0) is 0 Å². The van der Waals surface area contributed by atoms with Gasteiger partial charge in [-0.15, -0.1) is 0 Å². The maximum atomic E-state index is 13.4. The number of halogens is 2. The fourth-order valence-corrected chi connectivity index (χ4v) is 2.22. The average Bonchev–Trinajstić information content (AvgIpc) is 2.90. The molecule has 1 unspecified atom stereocenters. The zero-order chi connectivity index (χ0) is 14.1. The van der Waals surface area contributed by atoms with Gasteiger partial charge in [-0.2, -0.15) is 0 Å². The molecule has 104 valence electrons. The van der Waals surface area contributed by atoms with Gasteiger partial charge in [0, 0.05) is 11.7 Å². The minimum absolute atomic E-state index is 0.00470. The number of anilines is 1. The van der Waals surface area contributed by atoms with Crippen molar-refractivity contribution in [1.82, 2.24) is 0 Å². The number of hydrogen-bond donors (Lipinski definition) is 1. The fraction of sp³-hybridized carbons (Fsp3) is 0.200. The van der Waals surface area contributed by atoms with Gasteiger partial charge in [0.2, 0.25) is 6.79 Å². The highest BCUT2D eigenvalue weighted by Gasteiger charge is 2.15. The summed E-state index contributed by atoms with van der Waals surface area (Å²) in [7, 11) is 0. The number of ether oxygens (including phenoxy) is 2. The molecular weight excluding hydrogens is 281 g/mol. The molecule has 0 saturated carbocycles. The van der Waals surface area contributed by atoms with Crippen LogP contribution in [0.1, 0.15) is 18.5 Å². The van der Waals surface area contributed by atoms with Crippen molar-refractivity contribution in [3.63, 3.8) is 0 Å². The number of nitrogens with one attached hydrogen (secondary N) is 1. The largest absolute Gasteiger partial charge is 0.454 e. The molecule has 0 aliphatic carbocycles. The van der Waals surface area contributed by atoms with Gasteiger partial charge in [0.05, 0.1) is 5.02 Å². The molecule has 1 aliphatic rings. The second-order valence-electron chi connectivity index (χ2n) is 4.61. The van der Waals surface area contributed by atoms with Crippen LogP contribution in [0.4, 0.5) is 10.1 Å². The van der Waals surface area contributed by atoms with E-state index in [1.54, 1.807) is 6.07 Å². The molecule has 0 fully saturated rings. The quantitative estimate of drug-likeness (QED) is 0.911. The van der Waals surface area contributed by atoms with E-state index in [0.717, 1.165) is 17.1 Å². The molecular formula is C15H13ClFNO2. The lowest BCUT2D eigenvalue weighted by Crippen LogP contribution is -2.06. The van der Waals surface area contributed by atoms with Crippen molar-refractivity contribution in [1.29, 1.82) is 0 Å². The molecule has 0 spiro atoms. The van der Waals surface area contributed by atoms with Gasteiger partial charge in [0.1, 0.15) is 5.82 Å². The molecule has 0 amide bonds. The first-order valence-electron chi connectivity index (χ1n) is 6.24.